The van der Waals surface area contributed by atoms with Crippen molar-refractivity contribution in [2.24, 2.45) is 0 Å². The number of fused-ring (bicyclic) bond motifs is 1. The summed E-state index contributed by atoms with van der Waals surface area (Å²) >= 11 is 1.41. The van der Waals surface area contributed by atoms with Gasteiger partial charge in [0.15, 0.2) is 5.13 Å². The smallest absolute Gasteiger partial charge is 0.270 e. The lowest BCUT2D eigenvalue weighted by molar-refractivity contribution is -0.384. The minimum Gasteiger partial charge on any atom is -0.467 e. The number of non-ortho nitro benzene ring substituents is 1. The highest BCUT2D eigenvalue weighted by Gasteiger charge is 2.24. The van der Waals surface area contributed by atoms with E-state index >= 15 is 0 Å². The molecule has 0 N–H and O–H groups in total. The third kappa shape index (κ3) is 3.74. The van der Waals surface area contributed by atoms with Gasteiger partial charge in [-0.25, -0.2) is 4.98 Å². The maximum atomic E-state index is 13.3. The Kier molecular flexibility index (Phi) is 5.09. The third-order valence-corrected chi connectivity index (χ3v) is 5.59. The molecule has 0 unspecified atom stereocenters. The SMILES string of the molecule is CCc1cccc2sc(N(Cc3ccco3)C(=O)c3cccc([N+](=O)[O-])c3)nc12. The van der Waals surface area contributed by atoms with Gasteiger partial charge in [0.2, 0.25) is 0 Å². The molecule has 4 aromatic rings. The van der Waals surface area contributed by atoms with Crippen LogP contribution in [-0.4, -0.2) is 15.8 Å². The van der Waals surface area contributed by atoms with Crippen molar-refractivity contribution in [3.8, 4) is 0 Å². The average Bonchev–Trinajstić information content (AvgIpc) is 3.40. The summed E-state index contributed by atoms with van der Waals surface area (Å²) in [5, 5.41) is 11.6. The zero-order valence-electron chi connectivity index (χ0n) is 15.6. The number of carbonyl (C=O) groups is 1. The summed E-state index contributed by atoms with van der Waals surface area (Å²) in [6, 6.07) is 15.2. The number of para-hydroxylation sites is 1. The quantitative estimate of drug-likeness (QED) is 0.323. The molecule has 0 aliphatic rings. The van der Waals surface area contributed by atoms with Crippen LogP contribution in [0.25, 0.3) is 10.2 Å². The summed E-state index contributed by atoms with van der Waals surface area (Å²) in [5.41, 5.74) is 2.06. The molecule has 8 heteroatoms. The predicted octanol–water partition coefficient (Wildman–Crippen LogP) is 5.21. The van der Waals surface area contributed by atoms with E-state index in [1.54, 1.807) is 24.5 Å². The van der Waals surface area contributed by atoms with Gasteiger partial charge in [-0.15, -0.1) is 0 Å². The van der Waals surface area contributed by atoms with E-state index in [0.29, 0.717) is 10.9 Å². The number of nitrogens with zero attached hydrogens (tertiary/aromatic N) is 3. The Balaban J connectivity index is 1.79. The number of aryl methyl sites for hydroxylation is 1. The molecule has 0 bridgehead atoms. The molecule has 2 heterocycles. The van der Waals surface area contributed by atoms with Crippen LogP contribution < -0.4 is 4.90 Å². The average molecular weight is 407 g/mol. The lowest BCUT2D eigenvalue weighted by Gasteiger charge is -2.18. The second kappa shape index (κ2) is 7.84. The van der Waals surface area contributed by atoms with Gasteiger partial charge in [0.05, 0.1) is 27.9 Å². The zero-order valence-corrected chi connectivity index (χ0v) is 16.4. The van der Waals surface area contributed by atoms with Crippen LogP contribution >= 0.6 is 11.3 Å². The summed E-state index contributed by atoms with van der Waals surface area (Å²) in [6.45, 7) is 2.23. The number of hydrogen-bond acceptors (Lipinski definition) is 6. The number of carbonyl (C=O) groups excluding carboxylic acids is 1. The van der Waals surface area contributed by atoms with Crippen LogP contribution in [0.5, 0.6) is 0 Å². The number of rotatable bonds is 6. The number of nitro benzene ring substituents is 1. The molecular weight excluding hydrogens is 390 g/mol. The first kappa shape index (κ1) is 18.8. The van der Waals surface area contributed by atoms with Crippen molar-refractivity contribution in [2.75, 3.05) is 4.90 Å². The van der Waals surface area contributed by atoms with Crippen LogP contribution in [0, 0.1) is 10.1 Å². The van der Waals surface area contributed by atoms with E-state index in [4.69, 9.17) is 9.40 Å². The van der Waals surface area contributed by atoms with Crippen molar-refractivity contribution < 1.29 is 14.1 Å². The summed E-state index contributed by atoms with van der Waals surface area (Å²) in [7, 11) is 0. The van der Waals surface area contributed by atoms with Gasteiger partial charge in [0, 0.05) is 17.7 Å². The molecule has 2 aromatic carbocycles. The molecule has 2 aromatic heterocycles. The van der Waals surface area contributed by atoms with Gasteiger partial charge in [-0.3, -0.25) is 19.8 Å². The Labute approximate surface area is 170 Å². The molecule has 4 rings (SSSR count). The van der Waals surface area contributed by atoms with Gasteiger partial charge in [-0.1, -0.05) is 36.5 Å². The van der Waals surface area contributed by atoms with Crippen LogP contribution in [0.2, 0.25) is 0 Å². The number of aromatic nitrogens is 1. The molecule has 1 amide bonds. The fourth-order valence-electron chi connectivity index (χ4n) is 3.09. The number of furan rings is 1. The molecular formula is C21H17N3O4S. The number of anilines is 1. The van der Waals surface area contributed by atoms with Crippen molar-refractivity contribution in [3.63, 3.8) is 0 Å². The minimum absolute atomic E-state index is 0.133. The van der Waals surface area contributed by atoms with Crippen LogP contribution in [0.4, 0.5) is 10.8 Å². The molecule has 7 nitrogen and oxygen atoms in total. The van der Waals surface area contributed by atoms with Crippen molar-refractivity contribution >= 4 is 38.3 Å². The standard InChI is InChI=1S/C21H17N3O4S/c1-2-14-6-4-10-18-19(14)22-21(29-18)23(13-17-9-5-11-28-17)20(25)15-7-3-8-16(12-15)24(26)27/h3-12H,2,13H2,1H3. The Hall–Kier alpha value is -3.52. The van der Waals surface area contributed by atoms with Crippen LogP contribution in [0.1, 0.15) is 28.6 Å². The van der Waals surface area contributed by atoms with Crippen LogP contribution in [0.3, 0.4) is 0 Å². The van der Waals surface area contributed by atoms with E-state index in [1.807, 2.05) is 18.2 Å². The topological polar surface area (TPSA) is 89.5 Å². The number of hydrogen-bond donors (Lipinski definition) is 0. The summed E-state index contributed by atoms with van der Waals surface area (Å²) < 4.78 is 6.41. The third-order valence-electron chi connectivity index (χ3n) is 4.55. The molecule has 0 fully saturated rings. The van der Waals surface area contributed by atoms with Crippen molar-refractivity contribution in [1.82, 2.24) is 4.98 Å². The molecule has 0 spiro atoms. The maximum Gasteiger partial charge on any atom is 0.270 e. The zero-order chi connectivity index (χ0) is 20.4. The first-order chi connectivity index (χ1) is 14.1. The molecule has 0 atom stereocenters. The Morgan fingerprint density at radius 1 is 1.21 bits per heavy atom. The number of nitro groups is 1. The first-order valence-electron chi connectivity index (χ1n) is 9.04. The number of thiazole rings is 1. The summed E-state index contributed by atoms with van der Waals surface area (Å²) in [4.78, 5) is 30.1. The summed E-state index contributed by atoms with van der Waals surface area (Å²) in [5.74, 6) is 0.223. The van der Waals surface area contributed by atoms with Crippen molar-refractivity contribution in [1.29, 1.82) is 0 Å². The van der Waals surface area contributed by atoms with Crippen molar-refractivity contribution in [2.45, 2.75) is 19.9 Å². The van der Waals surface area contributed by atoms with E-state index in [0.717, 1.165) is 22.2 Å². The van der Waals surface area contributed by atoms with Gasteiger partial charge >= 0.3 is 0 Å². The van der Waals surface area contributed by atoms with Crippen LogP contribution in [-0.2, 0) is 13.0 Å². The van der Waals surface area contributed by atoms with Gasteiger partial charge in [0.1, 0.15) is 5.76 Å². The Morgan fingerprint density at radius 2 is 2.03 bits per heavy atom. The number of amides is 1. The van der Waals surface area contributed by atoms with Gasteiger partial charge in [-0.05, 0) is 36.2 Å². The molecule has 0 aliphatic heterocycles. The van der Waals surface area contributed by atoms with E-state index < -0.39 is 4.92 Å². The highest BCUT2D eigenvalue weighted by molar-refractivity contribution is 7.22. The largest absolute Gasteiger partial charge is 0.467 e. The minimum atomic E-state index is -0.515. The van der Waals surface area contributed by atoms with Gasteiger partial charge < -0.3 is 4.42 Å². The van der Waals surface area contributed by atoms with Crippen LogP contribution in [0.15, 0.2) is 65.3 Å². The van der Waals surface area contributed by atoms with E-state index in [-0.39, 0.29) is 23.7 Å². The molecule has 0 saturated carbocycles. The fraction of sp³-hybridized carbons (Fsp3) is 0.143. The van der Waals surface area contributed by atoms with Gasteiger partial charge in [-0.2, -0.15) is 0 Å². The van der Waals surface area contributed by atoms with E-state index in [1.165, 1.54) is 34.4 Å². The molecule has 0 aliphatic carbocycles. The normalized spacial score (nSPS) is 10.9. The molecule has 146 valence electrons. The highest BCUT2D eigenvalue weighted by Crippen LogP contribution is 2.33. The second-order valence-electron chi connectivity index (χ2n) is 6.39. The lowest BCUT2D eigenvalue weighted by atomic mass is 10.1. The van der Waals surface area contributed by atoms with Crippen molar-refractivity contribution in [3.05, 3.63) is 87.9 Å². The van der Waals surface area contributed by atoms with E-state index in [2.05, 4.69) is 6.92 Å². The molecule has 29 heavy (non-hydrogen) atoms. The first-order valence-corrected chi connectivity index (χ1v) is 9.85. The Morgan fingerprint density at radius 3 is 2.76 bits per heavy atom. The maximum absolute atomic E-state index is 13.3. The van der Waals surface area contributed by atoms with Gasteiger partial charge in [0.25, 0.3) is 11.6 Å². The monoisotopic (exact) mass is 407 g/mol. The molecule has 0 radical (unpaired) electrons. The fourth-order valence-corrected chi connectivity index (χ4v) is 4.10. The number of benzene rings is 2. The predicted molar refractivity (Wildman–Crippen MR) is 111 cm³/mol. The Bertz CT molecular complexity index is 1180. The van der Waals surface area contributed by atoms with E-state index in [9.17, 15) is 14.9 Å². The molecule has 0 saturated heterocycles. The lowest BCUT2D eigenvalue weighted by Crippen LogP contribution is -2.30. The highest BCUT2D eigenvalue weighted by atomic mass is 32.1. The summed E-state index contributed by atoms with van der Waals surface area (Å²) in [6.07, 6.45) is 2.37. The second-order valence-corrected chi connectivity index (χ2v) is 7.40.